The molecule has 0 N–H and O–H groups in total. The molecule has 0 saturated heterocycles. The average molecular weight is 363 g/mol. The normalized spacial score (nSPS) is 14.1. The number of carbonyl (C=O) groups excluding carboxylic acids is 1. The molecule has 0 bridgehead atoms. The second-order valence-electron chi connectivity index (χ2n) is 7.10. The van der Waals surface area contributed by atoms with Crippen LogP contribution in [0.2, 0.25) is 0 Å². The molecule has 2 aromatic heterocycles. The van der Waals surface area contributed by atoms with Gasteiger partial charge in [-0.25, -0.2) is 4.98 Å². The molecule has 6 heteroatoms. The Kier molecular flexibility index (Phi) is 4.71. The summed E-state index contributed by atoms with van der Waals surface area (Å²) in [6.45, 7) is 9.90. The number of ketones is 1. The van der Waals surface area contributed by atoms with Crippen LogP contribution in [0.5, 0.6) is 0 Å². The zero-order valence-electron chi connectivity index (χ0n) is 14.3. The quantitative estimate of drug-likeness (QED) is 0.461. The van der Waals surface area contributed by atoms with Gasteiger partial charge in [-0.05, 0) is 24.8 Å². The number of allylic oxidation sites excluding steroid dienone is 1. The molecular formula is C18H22N2O2S2. The highest BCUT2D eigenvalue weighted by atomic mass is 32.2. The number of carbonyl (C=O) groups is 1. The number of hydrogen-bond acceptors (Lipinski definition) is 5. The van der Waals surface area contributed by atoms with Crippen molar-refractivity contribution in [1.29, 1.82) is 0 Å². The van der Waals surface area contributed by atoms with Crippen LogP contribution in [0.25, 0.3) is 10.2 Å². The molecule has 0 aliphatic heterocycles. The third-order valence-electron chi connectivity index (χ3n) is 4.27. The number of aryl methyl sites for hydroxylation is 2. The first kappa shape index (κ1) is 17.4. The van der Waals surface area contributed by atoms with Gasteiger partial charge in [0.1, 0.15) is 10.6 Å². The molecule has 0 spiro atoms. The number of Topliss-reactive ketones (excluding diaryl/α,β-unsaturated/α-hetero) is 1. The number of aromatic nitrogens is 2. The molecule has 3 rings (SSSR count). The van der Waals surface area contributed by atoms with Crippen molar-refractivity contribution >= 4 is 39.1 Å². The standard InChI is InChI=1S/C18H22N2O2S2/c1-5-9-20-16(22)14-11-7-6-8-12(11)24-15(14)19-17(20)23-10-13(21)18(2,3)4/h5H,1,6-10H2,2-4H3. The highest BCUT2D eigenvalue weighted by Crippen LogP contribution is 2.35. The van der Waals surface area contributed by atoms with Crippen LogP contribution in [-0.2, 0) is 24.2 Å². The maximum atomic E-state index is 13.0. The van der Waals surface area contributed by atoms with E-state index in [1.54, 1.807) is 22.0 Å². The first-order valence-electron chi connectivity index (χ1n) is 8.15. The summed E-state index contributed by atoms with van der Waals surface area (Å²) in [5.41, 5.74) is 0.808. The van der Waals surface area contributed by atoms with Crippen molar-refractivity contribution in [3.05, 3.63) is 33.4 Å². The molecule has 1 aliphatic rings. The SMILES string of the molecule is C=CCn1c(SCC(=O)C(C)(C)C)nc2sc3c(c2c1=O)CCC3. The largest absolute Gasteiger partial charge is 0.298 e. The Hall–Kier alpha value is -1.40. The molecule has 0 aromatic carbocycles. The molecule has 0 saturated carbocycles. The van der Waals surface area contributed by atoms with Gasteiger partial charge in [-0.15, -0.1) is 17.9 Å². The van der Waals surface area contributed by atoms with Crippen molar-refractivity contribution in [1.82, 2.24) is 9.55 Å². The zero-order chi connectivity index (χ0) is 17.5. The molecular weight excluding hydrogens is 340 g/mol. The van der Waals surface area contributed by atoms with Gasteiger partial charge in [0, 0.05) is 16.8 Å². The molecule has 0 atom stereocenters. The molecule has 0 unspecified atom stereocenters. The second-order valence-corrected chi connectivity index (χ2v) is 9.12. The third kappa shape index (κ3) is 3.09. The van der Waals surface area contributed by atoms with Gasteiger partial charge >= 0.3 is 0 Å². The second kappa shape index (κ2) is 6.48. The molecule has 1 aliphatic carbocycles. The predicted molar refractivity (Wildman–Crippen MR) is 101 cm³/mol. The number of thiophene rings is 1. The Morgan fingerprint density at radius 2 is 2.17 bits per heavy atom. The average Bonchev–Trinajstić information content (AvgIpc) is 3.07. The van der Waals surface area contributed by atoms with E-state index >= 15 is 0 Å². The third-order valence-corrected chi connectivity index (χ3v) is 6.43. The summed E-state index contributed by atoms with van der Waals surface area (Å²) in [4.78, 5) is 32.0. The van der Waals surface area contributed by atoms with Crippen LogP contribution in [0, 0.1) is 5.41 Å². The van der Waals surface area contributed by atoms with E-state index in [2.05, 4.69) is 6.58 Å². The van der Waals surface area contributed by atoms with Gasteiger partial charge < -0.3 is 0 Å². The monoisotopic (exact) mass is 362 g/mol. The first-order chi connectivity index (χ1) is 11.3. The fourth-order valence-electron chi connectivity index (χ4n) is 2.81. The van der Waals surface area contributed by atoms with Crippen LogP contribution in [0.1, 0.15) is 37.6 Å². The van der Waals surface area contributed by atoms with E-state index in [1.165, 1.54) is 22.2 Å². The highest BCUT2D eigenvalue weighted by Gasteiger charge is 2.25. The fraction of sp³-hybridized carbons (Fsp3) is 0.500. The van der Waals surface area contributed by atoms with Crippen molar-refractivity contribution in [2.45, 2.75) is 51.7 Å². The van der Waals surface area contributed by atoms with E-state index in [9.17, 15) is 9.59 Å². The lowest BCUT2D eigenvalue weighted by Gasteiger charge is -2.16. The van der Waals surface area contributed by atoms with E-state index in [0.717, 1.165) is 29.5 Å². The zero-order valence-corrected chi connectivity index (χ0v) is 16.0. The lowest BCUT2D eigenvalue weighted by molar-refractivity contribution is -0.123. The lowest BCUT2D eigenvalue weighted by Crippen LogP contribution is -2.25. The van der Waals surface area contributed by atoms with Crippen molar-refractivity contribution in [3.63, 3.8) is 0 Å². The van der Waals surface area contributed by atoms with Crippen LogP contribution in [0.3, 0.4) is 0 Å². The van der Waals surface area contributed by atoms with Gasteiger partial charge in [-0.1, -0.05) is 38.6 Å². The Morgan fingerprint density at radius 3 is 2.83 bits per heavy atom. The van der Waals surface area contributed by atoms with Gasteiger partial charge in [0.05, 0.1) is 11.1 Å². The number of thioether (sulfide) groups is 1. The van der Waals surface area contributed by atoms with Crippen molar-refractivity contribution in [3.8, 4) is 0 Å². The molecule has 128 valence electrons. The number of rotatable bonds is 5. The molecule has 24 heavy (non-hydrogen) atoms. The predicted octanol–water partition coefficient (Wildman–Crippen LogP) is 3.84. The van der Waals surface area contributed by atoms with Crippen LogP contribution in [0.4, 0.5) is 0 Å². The van der Waals surface area contributed by atoms with Gasteiger partial charge in [0.25, 0.3) is 5.56 Å². The van der Waals surface area contributed by atoms with Crippen LogP contribution in [0.15, 0.2) is 22.6 Å². The summed E-state index contributed by atoms with van der Waals surface area (Å²) in [5, 5.41) is 1.39. The molecule has 2 heterocycles. The summed E-state index contributed by atoms with van der Waals surface area (Å²) in [5.74, 6) is 0.476. The summed E-state index contributed by atoms with van der Waals surface area (Å²) >= 11 is 2.99. The Bertz CT molecular complexity index is 872. The topological polar surface area (TPSA) is 52.0 Å². The molecule has 0 fully saturated rings. The lowest BCUT2D eigenvalue weighted by atomic mass is 9.92. The fourth-order valence-corrected chi connectivity index (χ4v) is 5.28. The van der Waals surface area contributed by atoms with Crippen LogP contribution in [-0.4, -0.2) is 21.1 Å². The smallest absolute Gasteiger partial charge is 0.263 e. The summed E-state index contributed by atoms with van der Waals surface area (Å²) in [6.07, 6.45) is 4.84. The minimum Gasteiger partial charge on any atom is -0.298 e. The van der Waals surface area contributed by atoms with Crippen LogP contribution < -0.4 is 5.56 Å². The first-order valence-corrected chi connectivity index (χ1v) is 9.95. The maximum Gasteiger partial charge on any atom is 0.263 e. The number of hydrogen-bond donors (Lipinski definition) is 0. The minimum atomic E-state index is -0.384. The Labute approximate surface area is 150 Å². The summed E-state index contributed by atoms with van der Waals surface area (Å²) in [7, 11) is 0. The minimum absolute atomic E-state index is 0.00464. The maximum absolute atomic E-state index is 13.0. The van der Waals surface area contributed by atoms with Crippen molar-refractivity contribution in [2.75, 3.05) is 5.75 Å². The number of nitrogens with zero attached hydrogens (tertiary/aromatic N) is 2. The van der Waals surface area contributed by atoms with E-state index in [-0.39, 0.29) is 16.8 Å². The van der Waals surface area contributed by atoms with E-state index < -0.39 is 0 Å². The molecule has 0 radical (unpaired) electrons. The Balaban J connectivity index is 2.04. The van der Waals surface area contributed by atoms with Gasteiger partial charge in [-0.3, -0.25) is 14.2 Å². The summed E-state index contributed by atoms with van der Waals surface area (Å²) in [6, 6.07) is 0. The number of fused-ring (bicyclic) bond motifs is 3. The van der Waals surface area contributed by atoms with E-state index in [1.807, 2.05) is 20.8 Å². The molecule has 4 nitrogen and oxygen atoms in total. The van der Waals surface area contributed by atoms with E-state index in [0.29, 0.717) is 17.5 Å². The van der Waals surface area contributed by atoms with Gasteiger partial charge in [0.2, 0.25) is 0 Å². The molecule has 0 amide bonds. The highest BCUT2D eigenvalue weighted by molar-refractivity contribution is 7.99. The Morgan fingerprint density at radius 1 is 1.42 bits per heavy atom. The molecule has 2 aromatic rings. The van der Waals surface area contributed by atoms with E-state index in [4.69, 9.17) is 4.98 Å². The van der Waals surface area contributed by atoms with Crippen molar-refractivity contribution in [2.24, 2.45) is 5.41 Å². The van der Waals surface area contributed by atoms with Gasteiger partial charge in [-0.2, -0.15) is 0 Å². The summed E-state index contributed by atoms with van der Waals surface area (Å²) < 4.78 is 1.65. The van der Waals surface area contributed by atoms with Crippen LogP contribution >= 0.6 is 23.1 Å². The van der Waals surface area contributed by atoms with Gasteiger partial charge in [0.15, 0.2) is 5.16 Å². The van der Waals surface area contributed by atoms with Crippen molar-refractivity contribution < 1.29 is 4.79 Å².